The van der Waals surface area contributed by atoms with E-state index in [2.05, 4.69) is 41.9 Å². The third-order valence-electron chi connectivity index (χ3n) is 17.0. The van der Waals surface area contributed by atoms with Crippen LogP contribution in [0.15, 0.2) is 61.1 Å². The Morgan fingerprint density at radius 1 is 0.824 bits per heavy atom. The van der Waals surface area contributed by atoms with Crippen molar-refractivity contribution in [2.75, 3.05) is 26.8 Å². The second-order valence-corrected chi connectivity index (χ2v) is 24.6. The van der Waals surface area contributed by atoms with Gasteiger partial charge in [0.05, 0.1) is 54.9 Å². The number of phenolic OH excluding ortho intramolecular Hbond substituents is 2. The van der Waals surface area contributed by atoms with E-state index in [1.54, 1.807) is 26.0 Å². The number of phenols is 2. The fourth-order valence-electron chi connectivity index (χ4n) is 12.4. The average Bonchev–Trinajstić information content (AvgIpc) is 0.986. The third kappa shape index (κ3) is 15.8. The SMILES string of the molecule is COc1cccc2c1C(=O)c1c(O)c3c(c(O)c1C2=O)C[C@@](O)(C(=O)CO)C[C@@H]3O[C@H]1C[C@H](NC(=O)[C@H](CC(C)C)NC(=O)[C@H](Cc2cnc[nH]2)NC(=O)[C@H](CCc2ccccc2)NC(=O)CNC(=O)[C@H](CC(C)C)NC(=O)[C@@H]2CCCN2C(C)=O)[C@H](O)[C@H](C)O1. The normalized spacial score (nSPS) is 22.3. The Morgan fingerprint density at radius 2 is 1.49 bits per heavy atom. The minimum absolute atomic E-state index is 0.00541. The molecule has 3 heterocycles. The summed E-state index contributed by atoms with van der Waals surface area (Å²) in [5, 5.41) is 73.7. The second kappa shape index (κ2) is 29.5. The zero-order valence-corrected chi connectivity index (χ0v) is 51.8. The molecule has 2 aliphatic carbocycles. The van der Waals surface area contributed by atoms with Crippen molar-refractivity contribution >= 4 is 58.7 Å². The number of imidazole rings is 1. The fourth-order valence-corrected chi connectivity index (χ4v) is 12.4. The summed E-state index contributed by atoms with van der Waals surface area (Å²) in [4.78, 5) is 147. The number of Topliss-reactive ketones (excluding diaryl/α,β-unsaturated/α-hetero) is 1. The van der Waals surface area contributed by atoms with Gasteiger partial charge in [-0.15, -0.1) is 0 Å². The van der Waals surface area contributed by atoms with Gasteiger partial charge in [0.15, 0.2) is 17.9 Å². The quantitative estimate of drug-likeness (QED) is 0.0342. The monoisotopic (exact) mass is 1260 g/mol. The first-order valence-electron chi connectivity index (χ1n) is 30.5. The van der Waals surface area contributed by atoms with Crippen LogP contribution in [0.5, 0.6) is 17.2 Å². The van der Waals surface area contributed by atoms with Gasteiger partial charge in [-0.2, -0.15) is 0 Å². The molecule has 91 heavy (non-hydrogen) atoms. The number of aromatic hydroxyl groups is 2. The molecule has 7 amide bonds. The zero-order valence-electron chi connectivity index (χ0n) is 51.8. The number of aryl methyl sites for hydroxylation is 1. The minimum Gasteiger partial charge on any atom is -0.507 e. The van der Waals surface area contributed by atoms with E-state index >= 15 is 0 Å². The van der Waals surface area contributed by atoms with Crippen molar-refractivity contribution in [3.8, 4) is 17.2 Å². The van der Waals surface area contributed by atoms with Gasteiger partial charge >= 0.3 is 0 Å². The van der Waals surface area contributed by atoms with Crippen LogP contribution < -0.4 is 36.6 Å². The molecule has 27 heteroatoms. The maximum Gasteiger partial charge on any atom is 0.243 e. The number of fused-ring (bicyclic) bond motifs is 3. The summed E-state index contributed by atoms with van der Waals surface area (Å²) >= 11 is 0. The molecule has 4 aliphatic rings. The smallest absolute Gasteiger partial charge is 0.243 e. The number of aromatic nitrogens is 2. The van der Waals surface area contributed by atoms with Crippen molar-refractivity contribution in [3.05, 3.63) is 106 Å². The maximum absolute atomic E-state index is 14.7. The molecule has 0 spiro atoms. The number of aliphatic hydroxyl groups is 3. The summed E-state index contributed by atoms with van der Waals surface area (Å²) in [6.07, 6.45) is -3.15. The number of hydrogen-bond acceptors (Lipinski definition) is 19. The van der Waals surface area contributed by atoms with Gasteiger partial charge in [-0.1, -0.05) is 70.2 Å². The van der Waals surface area contributed by atoms with Crippen molar-refractivity contribution in [1.82, 2.24) is 46.8 Å². The summed E-state index contributed by atoms with van der Waals surface area (Å²) in [6.45, 7) is 8.79. The molecule has 11 atom stereocenters. The van der Waals surface area contributed by atoms with Gasteiger partial charge in [0.2, 0.25) is 47.1 Å². The number of ether oxygens (including phenoxy) is 3. The predicted molar refractivity (Wildman–Crippen MR) is 323 cm³/mol. The molecule has 12 N–H and O–H groups in total. The van der Waals surface area contributed by atoms with Gasteiger partial charge < -0.3 is 81.5 Å². The second-order valence-electron chi connectivity index (χ2n) is 24.6. The number of nitrogens with zero attached hydrogens (tertiary/aromatic N) is 2. The number of nitrogens with one attached hydrogen (secondary N) is 7. The Bertz CT molecular complexity index is 3400. The van der Waals surface area contributed by atoms with Crippen LogP contribution in [0.2, 0.25) is 0 Å². The molecule has 2 aliphatic heterocycles. The molecule has 4 aromatic rings. The molecular formula is C64H81N9O18. The first-order valence-corrected chi connectivity index (χ1v) is 30.5. The van der Waals surface area contributed by atoms with Crippen LogP contribution >= 0.6 is 0 Å². The van der Waals surface area contributed by atoms with Gasteiger partial charge in [0, 0.05) is 67.7 Å². The molecule has 0 radical (unpaired) electrons. The Morgan fingerprint density at radius 3 is 2.14 bits per heavy atom. The van der Waals surface area contributed by atoms with E-state index in [0.717, 1.165) is 5.56 Å². The highest BCUT2D eigenvalue weighted by molar-refractivity contribution is 6.31. The molecule has 490 valence electrons. The summed E-state index contributed by atoms with van der Waals surface area (Å²) < 4.78 is 17.8. The number of aromatic amines is 1. The molecule has 27 nitrogen and oxygen atoms in total. The van der Waals surface area contributed by atoms with Crippen LogP contribution in [0.1, 0.15) is 147 Å². The van der Waals surface area contributed by atoms with Gasteiger partial charge in [-0.25, -0.2) is 4.98 Å². The van der Waals surface area contributed by atoms with Crippen molar-refractivity contribution in [1.29, 1.82) is 0 Å². The van der Waals surface area contributed by atoms with E-state index in [4.69, 9.17) is 14.2 Å². The number of H-pyrrole nitrogens is 1. The Kier molecular flexibility index (Phi) is 22.2. The lowest BCUT2D eigenvalue weighted by atomic mass is 9.72. The van der Waals surface area contributed by atoms with E-state index in [9.17, 15) is 73.5 Å². The zero-order chi connectivity index (χ0) is 66.2. The van der Waals surface area contributed by atoms with Crippen molar-refractivity contribution in [2.24, 2.45) is 11.8 Å². The number of carbonyl (C=O) groups is 10. The van der Waals surface area contributed by atoms with Gasteiger partial charge in [0.25, 0.3) is 0 Å². The highest BCUT2D eigenvalue weighted by Crippen LogP contribution is 2.52. The first-order chi connectivity index (χ1) is 43.2. The van der Waals surface area contributed by atoms with Crippen LogP contribution in [0.3, 0.4) is 0 Å². The van der Waals surface area contributed by atoms with E-state index in [1.807, 2.05) is 32.0 Å². The van der Waals surface area contributed by atoms with Crippen LogP contribution in [0.4, 0.5) is 0 Å². The van der Waals surface area contributed by atoms with E-state index in [1.165, 1.54) is 56.6 Å². The summed E-state index contributed by atoms with van der Waals surface area (Å²) in [7, 11) is 1.28. The lowest BCUT2D eigenvalue weighted by Crippen LogP contribution is -2.61. The Hall–Kier alpha value is -8.63. The first kappa shape index (κ1) is 68.3. The van der Waals surface area contributed by atoms with Crippen LogP contribution in [0.25, 0.3) is 0 Å². The Balaban J connectivity index is 0.989. The van der Waals surface area contributed by atoms with Gasteiger partial charge in [-0.3, -0.25) is 47.9 Å². The van der Waals surface area contributed by atoms with Crippen molar-refractivity contribution in [3.63, 3.8) is 0 Å². The number of likely N-dealkylation sites (tertiary alicyclic amines) is 1. The number of aliphatic hydroxyl groups excluding tert-OH is 2. The maximum atomic E-state index is 14.7. The summed E-state index contributed by atoms with van der Waals surface area (Å²) in [5.74, 6) is -9.39. The van der Waals surface area contributed by atoms with Gasteiger partial charge in [0.1, 0.15) is 65.8 Å². The van der Waals surface area contributed by atoms with Gasteiger partial charge in [-0.05, 0) is 68.9 Å². The summed E-state index contributed by atoms with van der Waals surface area (Å²) in [6, 6.07) is 6.26. The number of hydrogen-bond donors (Lipinski definition) is 12. The predicted octanol–water partition coefficient (Wildman–Crippen LogP) is 0.916. The molecule has 3 aromatic carbocycles. The average molecular weight is 1260 g/mol. The van der Waals surface area contributed by atoms with Crippen LogP contribution in [0, 0.1) is 11.8 Å². The largest absolute Gasteiger partial charge is 0.507 e. The lowest BCUT2D eigenvalue weighted by Gasteiger charge is -2.43. The summed E-state index contributed by atoms with van der Waals surface area (Å²) in [5.41, 5.74) is -3.38. The molecule has 0 bridgehead atoms. The van der Waals surface area contributed by atoms with Crippen molar-refractivity contribution < 1.29 is 87.7 Å². The molecule has 0 unspecified atom stereocenters. The number of benzene rings is 3. The fraction of sp³-hybridized carbons (Fsp3) is 0.516. The molecule has 1 aromatic heterocycles. The molecule has 2 fully saturated rings. The molecule has 8 rings (SSSR count). The van der Waals surface area contributed by atoms with Crippen LogP contribution in [-0.4, -0.2) is 186 Å². The third-order valence-corrected chi connectivity index (χ3v) is 17.0. The number of carbonyl (C=O) groups excluding carboxylic acids is 10. The number of rotatable bonds is 26. The van der Waals surface area contributed by atoms with E-state index in [-0.39, 0.29) is 84.3 Å². The van der Waals surface area contributed by atoms with E-state index in [0.29, 0.717) is 25.1 Å². The van der Waals surface area contributed by atoms with Crippen LogP contribution in [-0.2, 0) is 67.1 Å². The highest BCUT2D eigenvalue weighted by Gasteiger charge is 2.51. The lowest BCUT2D eigenvalue weighted by molar-refractivity contribution is -0.249. The standard InChI is InChI=1S/C64H81N9O18/c1-31(2)21-41(72-63(87)44-16-12-20-73(44)34(6)75)59(83)66-28-48(77)68-39(19-18-35-13-9-8-10-14-35)60(84)71-43(23-36-27-65-30-67-36)62(86)70-42(22-32(3)4)61(85)69-40-24-49(90-33(5)54(40)78)91-46-26-64(88,47(76)29-74)25-38-51(46)58(82)53-52(56(38)80)55(79)37-15-11-17-45(89-7)50(37)57(53)81/h8-11,13-15,17,27,30-33,39-44,46,49,54,74,78,80,82,88H,12,16,18-26,28-29H2,1-7H3,(H,65,67)(H,66,83)(H,68,77)(H,69,85)(H,70,86)(H,71,84)(H,72,87)/t33-,39-,40-,41-,42-,43-,44-,46-,49-,54+,64-/m0/s1. The minimum atomic E-state index is -2.47. The van der Waals surface area contributed by atoms with Crippen molar-refractivity contribution in [2.45, 2.75) is 172 Å². The number of amides is 7. The molecule has 0 saturated carbocycles. The Labute approximate surface area is 525 Å². The highest BCUT2D eigenvalue weighted by atomic mass is 16.7. The number of methoxy groups -OCH3 is 1. The van der Waals surface area contributed by atoms with E-state index < -0.39 is 168 Å². The number of ketones is 3. The topological polar surface area (TPSA) is 404 Å². The molecular weight excluding hydrogens is 1180 g/mol. The molecule has 2 saturated heterocycles.